The second kappa shape index (κ2) is 12.7. The van der Waals surface area contributed by atoms with E-state index in [4.69, 9.17) is 16.6 Å². The van der Waals surface area contributed by atoms with Crippen LogP contribution in [0.25, 0.3) is 21.9 Å². The molecule has 39 heavy (non-hydrogen) atoms. The first kappa shape index (κ1) is 29.5. The largest absolute Gasteiger partial charge is 0.478 e. The average Bonchev–Trinajstić information content (AvgIpc) is 2.92. The summed E-state index contributed by atoms with van der Waals surface area (Å²) in [5.41, 5.74) is 12.7. The van der Waals surface area contributed by atoms with Crippen LogP contribution in [-0.2, 0) is 0 Å². The van der Waals surface area contributed by atoms with Crippen molar-refractivity contribution in [2.45, 2.75) is 31.3 Å². The molecule has 0 heterocycles. The van der Waals surface area contributed by atoms with Gasteiger partial charge < -0.3 is 47.0 Å². The quantitative estimate of drug-likeness (QED) is 0.120. The number of amides is 1. The van der Waals surface area contributed by atoms with E-state index in [0.29, 0.717) is 27.8 Å². The second-order valence-corrected chi connectivity index (χ2v) is 8.99. The summed E-state index contributed by atoms with van der Waals surface area (Å²) in [6.45, 7) is 0.731. The van der Waals surface area contributed by atoms with Crippen molar-refractivity contribution in [3.8, 4) is 11.1 Å². The Kier molecular flexibility index (Phi) is 9.56. The highest BCUT2D eigenvalue weighted by Crippen LogP contribution is 2.31. The van der Waals surface area contributed by atoms with Crippen LogP contribution in [0.5, 0.6) is 0 Å². The molecule has 0 aliphatic heterocycles. The number of aromatic carboxylic acids is 1. The first-order chi connectivity index (χ1) is 18.5. The number of nitrogens with zero attached hydrogens (tertiary/aromatic N) is 2. The van der Waals surface area contributed by atoms with Gasteiger partial charge in [-0.1, -0.05) is 18.2 Å². The molecule has 10 N–H and O–H groups in total. The third-order valence-electron chi connectivity index (χ3n) is 6.29. The lowest BCUT2D eigenvalue weighted by molar-refractivity contribution is -0.117. The zero-order chi connectivity index (χ0) is 28.9. The molecule has 4 atom stereocenters. The van der Waals surface area contributed by atoms with Crippen molar-refractivity contribution in [3.63, 3.8) is 0 Å². The molecule has 0 saturated carbocycles. The van der Waals surface area contributed by atoms with E-state index in [-0.39, 0.29) is 24.6 Å². The lowest BCUT2D eigenvalue weighted by Gasteiger charge is -2.30. The Morgan fingerprint density at radius 2 is 1.54 bits per heavy atom. The Hall–Kier alpha value is -4.07. The van der Waals surface area contributed by atoms with Crippen molar-refractivity contribution < 1.29 is 40.2 Å². The monoisotopic (exact) mass is 540 g/mol. The molecule has 3 aromatic carbocycles. The predicted octanol–water partition coefficient (Wildman–Crippen LogP) is 0.00790. The van der Waals surface area contributed by atoms with Crippen LogP contribution in [-0.4, -0.2) is 97.5 Å². The molecule has 208 valence electrons. The first-order valence-corrected chi connectivity index (χ1v) is 12.1. The van der Waals surface area contributed by atoms with Crippen molar-refractivity contribution in [2.75, 3.05) is 19.7 Å². The van der Waals surface area contributed by atoms with Gasteiger partial charge in [0.2, 0.25) is 0 Å². The summed E-state index contributed by atoms with van der Waals surface area (Å²) in [5, 5.41) is 59.8. The lowest BCUT2D eigenvalue weighted by Crippen LogP contribution is -2.50. The van der Waals surface area contributed by atoms with E-state index in [1.807, 2.05) is 0 Å². The van der Waals surface area contributed by atoms with Gasteiger partial charge in [-0.25, -0.2) is 9.79 Å². The van der Waals surface area contributed by atoms with Crippen LogP contribution in [0.4, 0.5) is 5.69 Å². The number of aliphatic imine (C=N–C) groups is 1. The van der Waals surface area contributed by atoms with Crippen LogP contribution < -0.4 is 11.5 Å². The van der Waals surface area contributed by atoms with Crippen molar-refractivity contribution in [2.24, 2.45) is 16.5 Å². The summed E-state index contributed by atoms with van der Waals surface area (Å²) >= 11 is 0. The second-order valence-electron chi connectivity index (χ2n) is 8.99. The Morgan fingerprint density at radius 3 is 2.15 bits per heavy atom. The van der Waals surface area contributed by atoms with Crippen LogP contribution in [0.1, 0.15) is 27.6 Å². The molecule has 0 aliphatic rings. The van der Waals surface area contributed by atoms with E-state index in [0.717, 1.165) is 5.39 Å². The van der Waals surface area contributed by atoms with Crippen molar-refractivity contribution in [1.29, 1.82) is 0 Å². The Balaban J connectivity index is 1.89. The van der Waals surface area contributed by atoms with Gasteiger partial charge in [-0.2, -0.15) is 0 Å². The van der Waals surface area contributed by atoms with Gasteiger partial charge in [0.1, 0.15) is 24.4 Å². The fraction of sp³-hybridized carbons (Fsp3) is 0.296. The van der Waals surface area contributed by atoms with E-state index in [1.54, 1.807) is 49.4 Å². The molecule has 0 bridgehead atoms. The van der Waals surface area contributed by atoms with Gasteiger partial charge >= 0.3 is 5.97 Å². The molecular weight excluding hydrogens is 508 g/mol. The number of carboxylic acid groups (broad SMARTS) is 1. The fourth-order valence-electron chi connectivity index (χ4n) is 4.16. The molecule has 0 aliphatic carbocycles. The molecule has 0 spiro atoms. The van der Waals surface area contributed by atoms with Crippen LogP contribution in [0.2, 0.25) is 0 Å². The zero-order valence-electron chi connectivity index (χ0n) is 21.2. The number of nitrogens with two attached hydrogens (primary N) is 2. The molecule has 3 rings (SSSR count). The highest BCUT2D eigenvalue weighted by molar-refractivity contribution is 6.01. The summed E-state index contributed by atoms with van der Waals surface area (Å²) in [5.74, 6) is -1.72. The first-order valence-electron chi connectivity index (χ1n) is 12.1. The molecule has 0 radical (unpaired) electrons. The molecule has 0 aromatic heterocycles. The van der Waals surface area contributed by atoms with Gasteiger partial charge in [-0.15, -0.1) is 0 Å². The Bertz CT molecular complexity index is 1380. The smallest absolute Gasteiger partial charge is 0.336 e. The number of rotatable bonds is 11. The number of fused-ring (bicyclic) bond motifs is 1. The van der Waals surface area contributed by atoms with Crippen LogP contribution in [0.15, 0.2) is 59.6 Å². The summed E-state index contributed by atoms with van der Waals surface area (Å²) < 4.78 is 0. The SMILES string of the molecule is CCN(C[C@H](O)[C@@H](O)[C@H](O)[C@H](O)CO)C(=O)c1ccc2cc(-c3cc(N=C(N)N)ccc3C(=O)O)ccc2c1. The van der Waals surface area contributed by atoms with E-state index < -0.39 is 42.9 Å². The van der Waals surface area contributed by atoms with Gasteiger partial charge in [0.25, 0.3) is 5.91 Å². The van der Waals surface area contributed by atoms with Crippen LogP contribution >= 0.6 is 0 Å². The fourth-order valence-corrected chi connectivity index (χ4v) is 4.16. The Labute approximate surface area is 224 Å². The van der Waals surface area contributed by atoms with Crippen LogP contribution in [0.3, 0.4) is 0 Å². The third-order valence-corrected chi connectivity index (χ3v) is 6.29. The number of benzene rings is 3. The molecular formula is C27H32N4O8. The minimum absolute atomic E-state index is 0.0617. The maximum absolute atomic E-state index is 13.2. The third kappa shape index (κ3) is 6.88. The van der Waals surface area contributed by atoms with Crippen LogP contribution in [0, 0.1) is 0 Å². The topological polar surface area (TPSA) is 223 Å². The van der Waals surface area contributed by atoms with Gasteiger partial charge in [0, 0.05) is 18.7 Å². The minimum atomic E-state index is -1.80. The molecule has 3 aromatic rings. The number of guanidine groups is 1. The normalized spacial score (nSPS) is 14.3. The van der Waals surface area contributed by atoms with E-state index in [2.05, 4.69) is 4.99 Å². The summed E-state index contributed by atoms with van der Waals surface area (Å²) in [7, 11) is 0. The van der Waals surface area contributed by atoms with Gasteiger partial charge in [-0.3, -0.25) is 4.79 Å². The van der Waals surface area contributed by atoms with Gasteiger partial charge in [0.05, 0.1) is 17.9 Å². The average molecular weight is 541 g/mol. The molecule has 0 fully saturated rings. The number of carbonyl (C=O) groups excluding carboxylic acids is 1. The van der Waals surface area contributed by atoms with E-state index in [1.165, 1.54) is 17.0 Å². The Morgan fingerprint density at radius 1 is 0.897 bits per heavy atom. The lowest BCUT2D eigenvalue weighted by atomic mass is 9.95. The molecule has 12 heteroatoms. The van der Waals surface area contributed by atoms with Crippen molar-refractivity contribution >= 4 is 34.3 Å². The number of likely N-dealkylation sites (N-methyl/N-ethyl adjacent to an activating group) is 1. The zero-order valence-corrected chi connectivity index (χ0v) is 21.2. The number of carboxylic acids is 1. The van der Waals surface area contributed by atoms with E-state index >= 15 is 0 Å². The molecule has 0 unspecified atom stereocenters. The summed E-state index contributed by atoms with van der Waals surface area (Å²) in [4.78, 5) is 30.2. The van der Waals surface area contributed by atoms with Crippen molar-refractivity contribution in [3.05, 3.63) is 65.7 Å². The highest BCUT2D eigenvalue weighted by atomic mass is 16.4. The number of carbonyl (C=O) groups is 2. The number of aliphatic hydroxyl groups excluding tert-OH is 5. The number of aliphatic hydroxyl groups is 5. The highest BCUT2D eigenvalue weighted by Gasteiger charge is 2.32. The van der Waals surface area contributed by atoms with Gasteiger partial charge in [0.15, 0.2) is 5.96 Å². The number of hydrogen-bond acceptors (Lipinski definition) is 8. The molecule has 1 amide bonds. The maximum atomic E-state index is 13.2. The molecule has 0 saturated heterocycles. The molecule has 12 nitrogen and oxygen atoms in total. The predicted molar refractivity (Wildman–Crippen MR) is 145 cm³/mol. The minimum Gasteiger partial charge on any atom is -0.478 e. The van der Waals surface area contributed by atoms with E-state index in [9.17, 15) is 35.1 Å². The summed E-state index contributed by atoms with van der Waals surface area (Å²) in [6.07, 6.45) is -6.81. The standard InChI is InChI=1S/C27H32N4O8/c1-2-31(12-21(33)23(35)24(36)22(34)13-32)25(37)17-6-4-14-9-16(5-3-15(14)10-17)20-11-18(30-27(28)29)7-8-19(20)26(38)39/h3-11,21-24,32-36H,2,12-13H2,1H3,(H,38,39)(H4,28,29,30)/t21-,22+,23+,24+/m0/s1. The number of hydrogen-bond donors (Lipinski definition) is 8. The summed E-state index contributed by atoms with van der Waals surface area (Å²) in [6, 6.07) is 14.6. The maximum Gasteiger partial charge on any atom is 0.336 e. The van der Waals surface area contributed by atoms with Crippen molar-refractivity contribution in [1.82, 2.24) is 4.90 Å². The van der Waals surface area contributed by atoms with Gasteiger partial charge in [-0.05, 0) is 65.2 Å².